The van der Waals surface area contributed by atoms with Gasteiger partial charge in [-0.2, -0.15) is 0 Å². The first-order chi connectivity index (χ1) is 9.68. The van der Waals surface area contributed by atoms with E-state index in [1.165, 1.54) is 83.6 Å². The number of rotatable bonds is 13. The van der Waals surface area contributed by atoms with E-state index >= 15 is 0 Å². The number of hydrogen-bond acceptors (Lipinski definition) is 2. The van der Waals surface area contributed by atoms with Crippen LogP contribution >= 0.6 is 0 Å². The molecule has 0 unspecified atom stereocenters. The van der Waals surface area contributed by atoms with Gasteiger partial charge in [0.15, 0.2) is 0 Å². The van der Waals surface area contributed by atoms with Crippen LogP contribution in [0.3, 0.4) is 0 Å². The van der Waals surface area contributed by atoms with Gasteiger partial charge < -0.3 is 10.2 Å². The molecular formula is C18H42N2. The lowest BCUT2D eigenvalue weighted by Gasteiger charge is -2.08. The Morgan fingerprint density at radius 2 is 0.900 bits per heavy atom. The van der Waals surface area contributed by atoms with E-state index in [2.05, 4.69) is 31.2 Å². The Hall–Kier alpha value is -0.0800. The molecule has 0 aromatic rings. The summed E-state index contributed by atoms with van der Waals surface area (Å²) in [5.41, 5.74) is 0. The molecule has 0 amide bonds. The van der Waals surface area contributed by atoms with Gasteiger partial charge in [0, 0.05) is 0 Å². The third-order valence-corrected chi connectivity index (χ3v) is 3.46. The van der Waals surface area contributed by atoms with Crippen molar-refractivity contribution in [1.82, 2.24) is 10.2 Å². The van der Waals surface area contributed by atoms with Crippen LogP contribution in [0.15, 0.2) is 0 Å². The zero-order chi connectivity index (χ0) is 15.5. The van der Waals surface area contributed by atoms with Crippen molar-refractivity contribution in [2.24, 2.45) is 0 Å². The summed E-state index contributed by atoms with van der Waals surface area (Å²) < 4.78 is 0. The van der Waals surface area contributed by atoms with E-state index in [0.29, 0.717) is 0 Å². The average molecular weight is 287 g/mol. The molecule has 2 heteroatoms. The predicted molar refractivity (Wildman–Crippen MR) is 94.6 cm³/mol. The van der Waals surface area contributed by atoms with Crippen molar-refractivity contribution in [3.05, 3.63) is 0 Å². The quantitative estimate of drug-likeness (QED) is 0.475. The third-order valence-electron chi connectivity index (χ3n) is 3.46. The van der Waals surface area contributed by atoms with Gasteiger partial charge in [-0.25, -0.2) is 0 Å². The van der Waals surface area contributed by atoms with Crippen LogP contribution < -0.4 is 5.32 Å². The summed E-state index contributed by atoms with van der Waals surface area (Å²) in [6, 6.07) is 0. The lowest BCUT2D eigenvalue weighted by Crippen LogP contribution is -2.12. The van der Waals surface area contributed by atoms with Crippen molar-refractivity contribution in [3.8, 4) is 0 Å². The Morgan fingerprint density at radius 3 is 1.20 bits per heavy atom. The van der Waals surface area contributed by atoms with Crippen LogP contribution in [0, 0.1) is 0 Å². The van der Waals surface area contributed by atoms with Gasteiger partial charge in [0.25, 0.3) is 0 Å². The highest BCUT2D eigenvalue weighted by molar-refractivity contribution is 4.49. The van der Waals surface area contributed by atoms with Gasteiger partial charge in [-0.3, -0.25) is 0 Å². The maximum atomic E-state index is 2.75. The second kappa shape index (κ2) is 21.2. The largest absolute Gasteiger partial charge is 0.323 e. The van der Waals surface area contributed by atoms with Crippen molar-refractivity contribution in [2.45, 2.75) is 84.0 Å². The molecule has 2 nitrogen and oxygen atoms in total. The fraction of sp³-hybridized carbons (Fsp3) is 1.00. The second-order valence-corrected chi connectivity index (χ2v) is 6.19. The normalized spacial score (nSPS) is 10.5. The lowest BCUT2D eigenvalue weighted by atomic mass is 10.1. The fourth-order valence-electron chi connectivity index (χ4n) is 2.27. The summed E-state index contributed by atoms with van der Waals surface area (Å²) in [7, 11) is 8.08. The molecule has 0 rings (SSSR count). The van der Waals surface area contributed by atoms with Crippen LogP contribution in [0.4, 0.5) is 0 Å². The maximum Gasteiger partial charge on any atom is -0.00248 e. The Kier molecular flexibility index (Phi) is 23.6. The van der Waals surface area contributed by atoms with Crippen LogP contribution in [-0.4, -0.2) is 39.6 Å². The van der Waals surface area contributed by atoms with E-state index in [4.69, 9.17) is 0 Å². The van der Waals surface area contributed by atoms with Crippen molar-refractivity contribution >= 4 is 0 Å². The minimum atomic E-state index is 1.26. The Labute approximate surface area is 129 Å². The van der Waals surface area contributed by atoms with E-state index < -0.39 is 0 Å². The number of nitrogens with zero attached hydrogens (tertiary/aromatic N) is 1. The minimum Gasteiger partial charge on any atom is -0.323 e. The molecule has 0 saturated heterocycles. The number of hydrogen-bond donors (Lipinski definition) is 1. The minimum absolute atomic E-state index is 1.26. The van der Waals surface area contributed by atoms with Crippen LogP contribution in [0.1, 0.15) is 84.0 Å². The monoisotopic (exact) mass is 286 g/mol. The summed E-state index contributed by atoms with van der Waals surface area (Å²) >= 11 is 0. The molecule has 0 spiro atoms. The Morgan fingerprint density at radius 1 is 0.600 bits per heavy atom. The molecule has 0 aromatic heterocycles. The smallest absolute Gasteiger partial charge is 0.00248 e. The van der Waals surface area contributed by atoms with Gasteiger partial charge in [-0.1, -0.05) is 77.6 Å². The molecule has 0 radical (unpaired) electrons. The van der Waals surface area contributed by atoms with Crippen molar-refractivity contribution < 1.29 is 0 Å². The summed E-state index contributed by atoms with van der Waals surface area (Å²) in [4.78, 5) is 2.29. The SMILES string of the molecule is CCCCCCCCCCCCCCN(C)C.CNC. The zero-order valence-corrected chi connectivity index (χ0v) is 15.1. The first-order valence-electron chi connectivity index (χ1n) is 8.92. The predicted octanol–water partition coefficient (Wildman–Crippen LogP) is 5.08. The van der Waals surface area contributed by atoms with Crippen molar-refractivity contribution in [2.75, 3.05) is 34.7 Å². The fourth-order valence-corrected chi connectivity index (χ4v) is 2.27. The van der Waals surface area contributed by atoms with Crippen LogP contribution in [0.5, 0.6) is 0 Å². The molecule has 0 fully saturated rings. The van der Waals surface area contributed by atoms with Gasteiger partial charge in [0.1, 0.15) is 0 Å². The van der Waals surface area contributed by atoms with E-state index in [9.17, 15) is 0 Å². The molecule has 0 saturated carbocycles. The van der Waals surface area contributed by atoms with Crippen molar-refractivity contribution in [3.63, 3.8) is 0 Å². The molecule has 0 aliphatic rings. The van der Waals surface area contributed by atoms with Gasteiger partial charge in [-0.15, -0.1) is 0 Å². The topological polar surface area (TPSA) is 15.3 Å². The van der Waals surface area contributed by atoms with E-state index in [-0.39, 0.29) is 0 Å². The number of unbranched alkanes of at least 4 members (excludes halogenated alkanes) is 11. The molecule has 0 aromatic carbocycles. The highest BCUT2D eigenvalue weighted by atomic mass is 15.0. The highest BCUT2D eigenvalue weighted by Gasteiger charge is 1.94. The Bertz CT molecular complexity index is 146. The summed E-state index contributed by atoms with van der Waals surface area (Å²) in [5, 5.41) is 2.75. The number of nitrogens with one attached hydrogen (secondary N) is 1. The van der Waals surface area contributed by atoms with Crippen LogP contribution in [0.2, 0.25) is 0 Å². The second-order valence-electron chi connectivity index (χ2n) is 6.19. The molecule has 0 aliphatic carbocycles. The molecule has 1 N–H and O–H groups in total. The maximum absolute atomic E-state index is 2.75. The summed E-state index contributed by atoms with van der Waals surface area (Å²) in [5.74, 6) is 0. The molecule has 0 bridgehead atoms. The zero-order valence-electron chi connectivity index (χ0n) is 15.1. The molecule has 20 heavy (non-hydrogen) atoms. The molecule has 0 atom stereocenters. The lowest BCUT2D eigenvalue weighted by molar-refractivity contribution is 0.389. The first kappa shape index (κ1) is 22.2. The molecule has 124 valence electrons. The highest BCUT2D eigenvalue weighted by Crippen LogP contribution is 2.11. The van der Waals surface area contributed by atoms with Gasteiger partial charge in [-0.05, 0) is 41.2 Å². The summed E-state index contributed by atoms with van der Waals surface area (Å²) in [6.45, 7) is 3.55. The first-order valence-corrected chi connectivity index (χ1v) is 8.92. The standard InChI is InChI=1S/C16H35N.C2H7N/c1-4-5-6-7-8-9-10-11-12-13-14-15-16-17(2)3;1-3-2/h4-16H2,1-3H3;3H,1-2H3. The van der Waals surface area contributed by atoms with E-state index in [1.54, 1.807) is 0 Å². The van der Waals surface area contributed by atoms with Gasteiger partial charge >= 0.3 is 0 Å². The molecule has 0 heterocycles. The van der Waals surface area contributed by atoms with Crippen LogP contribution in [-0.2, 0) is 0 Å². The van der Waals surface area contributed by atoms with Gasteiger partial charge in [0.2, 0.25) is 0 Å². The van der Waals surface area contributed by atoms with Gasteiger partial charge in [0.05, 0.1) is 0 Å². The van der Waals surface area contributed by atoms with Crippen LogP contribution in [0.25, 0.3) is 0 Å². The average Bonchev–Trinajstić information content (AvgIpc) is 2.40. The van der Waals surface area contributed by atoms with Crippen molar-refractivity contribution in [1.29, 1.82) is 0 Å². The summed E-state index contributed by atoms with van der Waals surface area (Å²) in [6.07, 6.45) is 17.3. The molecule has 0 aliphatic heterocycles. The molecular weight excluding hydrogens is 244 g/mol. The van der Waals surface area contributed by atoms with E-state index in [1.807, 2.05) is 14.1 Å². The third kappa shape index (κ3) is 26.5. The van der Waals surface area contributed by atoms with E-state index in [0.717, 1.165) is 0 Å². The Balaban J connectivity index is 0.